The second-order valence-corrected chi connectivity index (χ2v) is 14.4. The molecule has 1 aliphatic carbocycles. The van der Waals surface area contributed by atoms with Crippen molar-refractivity contribution < 1.29 is 28.2 Å². The maximum atomic E-state index is 14.4. The highest BCUT2D eigenvalue weighted by molar-refractivity contribution is 5.94. The molecule has 0 aliphatic heterocycles. The SMILES string of the molecule is COCC(C)c1cnn2c(N(C(=O)OC(C)(C)C)[C@@H]3CCc4c(c5ccccc5n4C(=O)OC(C)(C)C)C3)nc(-c3cncc(F)c3)nc12. The highest BCUT2D eigenvalue weighted by atomic mass is 19.1. The Balaban J connectivity index is 1.53. The predicted molar refractivity (Wildman–Crippen MR) is 182 cm³/mol. The summed E-state index contributed by atoms with van der Waals surface area (Å²) in [6, 6.07) is 8.53. The molecule has 258 valence electrons. The quantitative estimate of drug-likeness (QED) is 0.186. The number of aromatic nitrogens is 6. The monoisotopic (exact) mass is 671 g/mol. The van der Waals surface area contributed by atoms with Gasteiger partial charge in [-0.2, -0.15) is 14.6 Å². The minimum Gasteiger partial charge on any atom is -0.443 e. The average molecular weight is 672 g/mol. The molecule has 1 aliphatic rings. The van der Waals surface area contributed by atoms with Gasteiger partial charge in [0, 0.05) is 47.5 Å². The zero-order valence-corrected chi connectivity index (χ0v) is 29.2. The summed E-state index contributed by atoms with van der Waals surface area (Å²) in [5, 5.41) is 5.55. The number of ether oxygens (including phenoxy) is 3. The van der Waals surface area contributed by atoms with Crippen LogP contribution in [0.2, 0.25) is 0 Å². The molecule has 2 atom stereocenters. The fraction of sp³-hybridized carbons (Fsp3) is 0.444. The summed E-state index contributed by atoms with van der Waals surface area (Å²) in [6.45, 7) is 13.3. The molecule has 0 radical (unpaired) electrons. The Kier molecular flexibility index (Phi) is 8.91. The number of carbonyl (C=O) groups is 2. The van der Waals surface area contributed by atoms with Gasteiger partial charge in [0.1, 0.15) is 17.0 Å². The van der Waals surface area contributed by atoms with Crippen molar-refractivity contribution in [2.75, 3.05) is 18.6 Å². The molecule has 0 saturated heterocycles. The molecule has 0 saturated carbocycles. The van der Waals surface area contributed by atoms with Crippen LogP contribution in [0.1, 0.15) is 77.6 Å². The Hall–Kier alpha value is -4.91. The van der Waals surface area contributed by atoms with Crippen molar-refractivity contribution in [1.29, 1.82) is 0 Å². The van der Waals surface area contributed by atoms with E-state index >= 15 is 0 Å². The number of halogens is 1. The van der Waals surface area contributed by atoms with E-state index in [0.29, 0.717) is 37.1 Å². The molecule has 0 spiro atoms. The standard InChI is InChI=1S/C36H42FN7O5/c1-21(20-47-8)27-19-39-44-31(27)40-30(22-15-23(37)18-38-17-22)41-32(44)42(33(45)48-35(2,3)4)24-13-14-29-26(16-24)25-11-9-10-12-28(25)43(29)34(46)49-36(5,6)7/h9-12,15,17-19,21,24H,13-14,16,20H2,1-8H3/t21?,24-/m1/s1. The van der Waals surface area contributed by atoms with Crippen molar-refractivity contribution in [3.63, 3.8) is 0 Å². The molecule has 1 aromatic carbocycles. The van der Waals surface area contributed by atoms with Crippen LogP contribution in [0.5, 0.6) is 0 Å². The number of anilines is 1. The molecule has 12 nitrogen and oxygen atoms in total. The van der Waals surface area contributed by atoms with Crippen LogP contribution in [-0.2, 0) is 27.1 Å². The van der Waals surface area contributed by atoms with Gasteiger partial charge < -0.3 is 14.2 Å². The molecule has 6 rings (SSSR count). The molecular formula is C36H42FN7O5. The highest BCUT2D eigenvalue weighted by Gasteiger charge is 2.38. The normalized spacial score (nSPS) is 15.7. The van der Waals surface area contributed by atoms with Crippen LogP contribution in [0.25, 0.3) is 27.9 Å². The van der Waals surface area contributed by atoms with Gasteiger partial charge in [-0.1, -0.05) is 25.1 Å². The van der Waals surface area contributed by atoms with Crippen molar-refractivity contribution in [3.05, 3.63) is 71.6 Å². The van der Waals surface area contributed by atoms with Crippen LogP contribution in [-0.4, -0.2) is 72.3 Å². The number of benzene rings is 1. The third-order valence-corrected chi connectivity index (χ3v) is 8.28. The summed E-state index contributed by atoms with van der Waals surface area (Å²) in [5.41, 5.74) is 2.55. The number of hydrogen-bond acceptors (Lipinski definition) is 9. The molecule has 0 N–H and O–H groups in total. The Morgan fingerprint density at radius 3 is 2.47 bits per heavy atom. The van der Waals surface area contributed by atoms with Crippen molar-refractivity contribution >= 4 is 34.7 Å². The number of carbonyl (C=O) groups excluding carboxylic acids is 2. The summed E-state index contributed by atoms with van der Waals surface area (Å²) in [6.07, 6.45) is 4.53. The zero-order chi connectivity index (χ0) is 35.2. The third-order valence-electron chi connectivity index (χ3n) is 8.28. The fourth-order valence-electron chi connectivity index (χ4n) is 6.32. The summed E-state index contributed by atoms with van der Waals surface area (Å²) in [4.78, 5) is 43.0. The Bertz CT molecular complexity index is 2040. The van der Waals surface area contributed by atoms with E-state index in [1.807, 2.05) is 52.0 Å². The molecule has 1 unspecified atom stereocenters. The van der Waals surface area contributed by atoms with Crippen molar-refractivity contribution in [2.45, 2.75) is 90.9 Å². The number of rotatable bonds is 6. The molecule has 4 aromatic heterocycles. The van der Waals surface area contributed by atoms with Crippen LogP contribution in [0, 0.1) is 5.82 Å². The molecule has 49 heavy (non-hydrogen) atoms. The van der Waals surface area contributed by atoms with E-state index in [-0.39, 0.29) is 17.7 Å². The lowest BCUT2D eigenvalue weighted by atomic mass is 9.90. The molecule has 4 heterocycles. The number of hydrogen-bond donors (Lipinski definition) is 0. The van der Waals surface area contributed by atoms with E-state index in [4.69, 9.17) is 24.2 Å². The lowest BCUT2D eigenvalue weighted by Gasteiger charge is -2.35. The Morgan fingerprint density at radius 1 is 1.04 bits per heavy atom. The maximum Gasteiger partial charge on any atom is 0.419 e. The second-order valence-electron chi connectivity index (χ2n) is 14.4. The molecule has 13 heteroatoms. The van der Waals surface area contributed by atoms with Gasteiger partial charge in [-0.15, -0.1) is 0 Å². The van der Waals surface area contributed by atoms with Gasteiger partial charge in [-0.3, -0.25) is 4.98 Å². The van der Waals surface area contributed by atoms with Gasteiger partial charge in [0.15, 0.2) is 11.5 Å². The zero-order valence-electron chi connectivity index (χ0n) is 29.2. The number of methoxy groups -OCH3 is 1. The molecule has 0 bridgehead atoms. The molecule has 5 aromatic rings. The van der Waals surface area contributed by atoms with Crippen LogP contribution < -0.4 is 4.90 Å². The topological polar surface area (TPSA) is 126 Å². The minimum absolute atomic E-state index is 0.102. The van der Waals surface area contributed by atoms with E-state index in [2.05, 4.69) is 10.1 Å². The Labute approximate surface area is 284 Å². The third kappa shape index (κ3) is 6.85. The second kappa shape index (κ2) is 12.8. The number of para-hydroxylation sites is 1. The number of fused-ring (bicyclic) bond motifs is 4. The summed E-state index contributed by atoms with van der Waals surface area (Å²) >= 11 is 0. The fourth-order valence-corrected chi connectivity index (χ4v) is 6.32. The summed E-state index contributed by atoms with van der Waals surface area (Å²) in [5.74, 6) is -0.310. The van der Waals surface area contributed by atoms with E-state index in [0.717, 1.165) is 33.9 Å². The van der Waals surface area contributed by atoms with Crippen LogP contribution in [0.15, 0.2) is 48.9 Å². The maximum absolute atomic E-state index is 14.4. The largest absolute Gasteiger partial charge is 0.443 e. The van der Waals surface area contributed by atoms with Gasteiger partial charge in [-0.25, -0.2) is 28.4 Å². The van der Waals surface area contributed by atoms with Crippen LogP contribution in [0.4, 0.5) is 19.9 Å². The Morgan fingerprint density at radius 2 is 1.78 bits per heavy atom. The van der Waals surface area contributed by atoms with Gasteiger partial charge in [0.05, 0.1) is 24.5 Å². The number of nitrogens with zero attached hydrogens (tertiary/aromatic N) is 7. The first kappa shape index (κ1) is 34.0. The first-order chi connectivity index (χ1) is 23.1. The molecular weight excluding hydrogens is 629 g/mol. The van der Waals surface area contributed by atoms with E-state index in [9.17, 15) is 14.0 Å². The predicted octanol–water partition coefficient (Wildman–Crippen LogP) is 7.11. The average Bonchev–Trinajstić information content (AvgIpc) is 3.59. The van der Waals surface area contributed by atoms with Gasteiger partial charge in [0.25, 0.3) is 0 Å². The summed E-state index contributed by atoms with van der Waals surface area (Å²) < 4.78 is 34.8. The number of amides is 1. The first-order valence-corrected chi connectivity index (χ1v) is 16.4. The van der Waals surface area contributed by atoms with Crippen molar-refractivity contribution in [1.82, 2.24) is 29.1 Å². The lowest BCUT2D eigenvalue weighted by molar-refractivity contribution is 0.0527. The number of pyridine rings is 1. The lowest BCUT2D eigenvalue weighted by Crippen LogP contribution is -2.47. The minimum atomic E-state index is -0.828. The molecule has 0 fully saturated rings. The summed E-state index contributed by atoms with van der Waals surface area (Å²) in [7, 11) is 1.62. The van der Waals surface area contributed by atoms with E-state index in [1.54, 1.807) is 38.6 Å². The first-order valence-electron chi connectivity index (χ1n) is 16.4. The molecule has 1 amide bonds. The highest BCUT2D eigenvalue weighted by Crippen LogP contribution is 2.37. The van der Waals surface area contributed by atoms with Gasteiger partial charge >= 0.3 is 12.2 Å². The van der Waals surface area contributed by atoms with Gasteiger partial charge in [-0.05, 0) is 78.5 Å². The van der Waals surface area contributed by atoms with E-state index in [1.165, 1.54) is 21.7 Å². The van der Waals surface area contributed by atoms with Crippen molar-refractivity contribution in [2.24, 2.45) is 0 Å². The van der Waals surface area contributed by atoms with Gasteiger partial charge in [0.2, 0.25) is 5.95 Å². The van der Waals surface area contributed by atoms with Crippen molar-refractivity contribution in [3.8, 4) is 11.4 Å². The van der Waals surface area contributed by atoms with Crippen LogP contribution in [0.3, 0.4) is 0 Å². The van der Waals surface area contributed by atoms with E-state index < -0.39 is 35.2 Å². The smallest absolute Gasteiger partial charge is 0.419 e. The van der Waals surface area contributed by atoms with Crippen LogP contribution >= 0.6 is 0 Å².